The zero-order valence-corrected chi connectivity index (χ0v) is 13.3. The Morgan fingerprint density at radius 2 is 1.73 bits per heavy atom. The summed E-state index contributed by atoms with van der Waals surface area (Å²) in [5.74, 6) is -2.25. The van der Waals surface area contributed by atoms with E-state index in [2.05, 4.69) is 0 Å². The maximum Gasteiger partial charge on any atom is 0.416 e. The number of alkyl halides is 3. The summed E-state index contributed by atoms with van der Waals surface area (Å²) in [5, 5.41) is 8.84. The van der Waals surface area contributed by atoms with E-state index in [9.17, 15) is 22.8 Å². The first-order valence-electron chi connectivity index (χ1n) is 7.67. The molecule has 2 aromatic rings. The summed E-state index contributed by atoms with van der Waals surface area (Å²) in [6, 6.07) is 7.02. The van der Waals surface area contributed by atoms with Crippen LogP contribution < -0.4 is 0 Å². The van der Waals surface area contributed by atoms with E-state index in [1.54, 1.807) is 0 Å². The molecule has 1 atom stereocenters. The molecule has 9 heteroatoms. The highest BCUT2D eigenvalue weighted by Gasteiger charge is 2.32. The monoisotopic (exact) mass is 369 g/mol. The highest BCUT2D eigenvalue weighted by atomic mass is 19.4. The molecule has 0 bridgehead atoms. The maximum absolute atomic E-state index is 12.6. The van der Waals surface area contributed by atoms with Crippen molar-refractivity contribution in [3.63, 3.8) is 0 Å². The molecule has 1 saturated heterocycles. The number of ether oxygens (including phenoxy) is 1. The summed E-state index contributed by atoms with van der Waals surface area (Å²) in [7, 11) is 0. The molecule has 3 rings (SSSR count). The summed E-state index contributed by atoms with van der Waals surface area (Å²) in [6.45, 7) is 0.580. The number of carbonyl (C=O) groups is 2. The van der Waals surface area contributed by atoms with Gasteiger partial charge in [-0.25, -0.2) is 4.79 Å². The first-order chi connectivity index (χ1) is 12.3. The Labute approximate surface area is 145 Å². The summed E-state index contributed by atoms with van der Waals surface area (Å²) >= 11 is 0. The molecular formula is C17H14F3NO5. The normalized spacial score (nSPS) is 18.0. The van der Waals surface area contributed by atoms with Crippen molar-refractivity contribution in [1.29, 1.82) is 0 Å². The molecular weight excluding hydrogens is 355 g/mol. The number of aromatic carboxylic acids is 1. The van der Waals surface area contributed by atoms with Crippen molar-refractivity contribution in [2.75, 3.05) is 19.7 Å². The maximum atomic E-state index is 12.6. The molecule has 1 aliphatic rings. The van der Waals surface area contributed by atoms with Crippen LogP contribution in [0, 0.1) is 0 Å². The second-order valence-corrected chi connectivity index (χ2v) is 5.70. The Kier molecular flexibility index (Phi) is 4.73. The van der Waals surface area contributed by atoms with Crippen molar-refractivity contribution in [3.05, 3.63) is 59.0 Å². The van der Waals surface area contributed by atoms with E-state index < -0.39 is 29.7 Å². The van der Waals surface area contributed by atoms with E-state index in [0.717, 1.165) is 12.1 Å². The fourth-order valence-electron chi connectivity index (χ4n) is 2.65. The Morgan fingerprint density at radius 1 is 1.08 bits per heavy atom. The van der Waals surface area contributed by atoms with Crippen molar-refractivity contribution in [3.8, 4) is 0 Å². The number of carboxylic acid groups (broad SMARTS) is 1. The van der Waals surface area contributed by atoms with Gasteiger partial charge in [0, 0.05) is 6.54 Å². The first-order valence-corrected chi connectivity index (χ1v) is 7.67. The van der Waals surface area contributed by atoms with Crippen LogP contribution in [-0.2, 0) is 10.9 Å². The number of furan rings is 1. The Hall–Kier alpha value is -2.81. The van der Waals surface area contributed by atoms with Crippen molar-refractivity contribution in [2.45, 2.75) is 12.3 Å². The van der Waals surface area contributed by atoms with Gasteiger partial charge in [-0.15, -0.1) is 0 Å². The lowest BCUT2D eigenvalue weighted by Gasteiger charge is -2.32. The van der Waals surface area contributed by atoms with Crippen LogP contribution >= 0.6 is 0 Å². The molecule has 1 unspecified atom stereocenters. The molecule has 0 saturated carbocycles. The molecule has 1 amide bonds. The largest absolute Gasteiger partial charge is 0.475 e. The molecule has 0 aliphatic carbocycles. The van der Waals surface area contributed by atoms with Gasteiger partial charge < -0.3 is 19.2 Å². The lowest BCUT2D eigenvalue weighted by Crippen LogP contribution is -2.42. The van der Waals surface area contributed by atoms with Crippen LogP contribution in [-0.4, -0.2) is 41.6 Å². The number of amides is 1. The minimum absolute atomic E-state index is 0.115. The van der Waals surface area contributed by atoms with Crippen LogP contribution in [0.25, 0.3) is 0 Å². The van der Waals surface area contributed by atoms with E-state index in [4.69, 9.17) is 14.3 Å². The van der Waals surface area contributed by atoms with Crippen molar-refractivity contribution < 1.29 is 37.0 Å². The number of nitrogens with zero attached hydrogens (tertiary/aromatic N) is 1. The van der Waals surface area contributed by atoms with Crippen molar-refractivity contribution in [2.24, 2.45) is 0 Å². The van der Waals surface area contributed by atoms with Gasteiger partial charge in [0.25, 0.3) is 5.91 Å². The van der Waals surface area contributed by atoms with E-state index in [-0.39, 0.29) is 31.2 Å². The van der Waals surface area contributed by atoms with Gasteiger partial charge in [0.1, 0.15) is 6.10 Å². The molecule has 6 nitrogen and oxygen atoms in total. The van der Waals surface area contributed by atoms with Gasteiger partial charge in [0.05, 0.1) is 18.7 Å². The number of carbonyl (C=O) groups excluding carboxylic acids is 1. The smallest absolute Gasteiger partial charge is 0.416 e. The standard InChI is InChI=1S/C17H14F3NO5/c18-17(19,20)11-3-1-10(2-4-11)14-9-21(7-8-25-14)15(22)12-5-6-13(26-12)16(23)24/h1-6,14H,7-9H2,(H,23,24). The van der Waals surface area contributed by atoms with Gasteiger partial charge in [-0.1, -0.05) is 12.1 Å². The third-order valence-corrected chi connectivity index (χ3v) is 3.99. The zero-order chi connectivity index (χ0) is 18.9. The highest BCUT2D eigenvalue weighted by molar-refractivity contribution is 5.93. The Bertz CT molecular complexity index is 813. The van der Waals surface area contributed by atoms with Crippen LogP contribution in [0.3, 0.4) is 0 Å². The lowest BCUT2D eigenvalue weighted by molar-refractivity contribution is -0.137. The molecule has 1 N–H and O–H groups in total. The van der Waals surface area contributed by atoms with E-state index in [1.165, 1.54) is 29.2 Å². The molecule has 26 heavy (non-hydrogen) atoms. The van der Waals surface area contributed by atoms with E-state index >= 15 is 0 Å². The average molecular weight is 369 g/mol. The SMILES string of the molecule is O=C(O)c1ccc(C(=O)N2CCOC(c3ccc(C(F)(F)F)cc3)C2)o1. The summed E-state index contributed by atoms with van der Waals surface area (Å²) < 4.78 is 48.5. The second kappa shape index (κ2) is 6.83. The van der Waals surface area contributed by atoms with Gasteiger partial charge in [-0.05, 0) is 29.8 Å². The predicted molar refractivity (Wildman–Crippen MR) is 81.7 cm³/mol. The fraction of sp³-hybridized carbons (Fsp3) is 0.294. The van der Waals surface area contributed by atoms with Crippen LogP contribution in [0.2, 0.25) is 0 Å². The number of halogens is 3. The second-order valence-electron chi connectivity index (χ2n) is 5.70. The third kappa shape index (κ3) is 3.72. The van der Waals surface area contributed by atoms with Gasteiger partial charge >= 0.3 is 12.1 Å². The van der Waals surface area contributed by atoms with E-state index in [1.807, 2.05) is 0 Å². The van der Waals surface area contributed by atoms with Crippen molar-refractivity contribution >= 4 is 11.9 Å². The number of rotatable bonds is 3. The lowest BCUT2D eigenvalue weighted by atomic mass is 10.0. The van der Waals surface area contributed by atoms with Crippen LogP contribution in [0.15, 0.2) is 40.8 Å². The summed E-state index contributed by atoms with van der Waals surface area (Å²) in [6.07, 6.45) is -5.00. The van der Waals surface area contributed by atoms with Crippen LogP contribution in [0.4, 0.5) is 13.2 Å². The molecule has 0 radical (unpaired) electrons. The van der Waals surface area contributed by atoms with Crippen molar-refractivity contribution in [1.82, 2.24) is 4.90 Å². The zero-order valence-electron chi connectivity index (χ0n) is 13.3. The third-order valence-electron chi connectivity index (χ3n) is 3.99. The highest BCUT2D eigenvalue weighted by Crippen LogP contribution is 2.31. The number of benzene rings is 1. The summed E-state index contributed by atoms with van der Waals surface area (Å²) in [4.78, 5) is 24.7. The van der Waals surface area contributed by atoms with Crippen LogP contribution in [0.5, 0.6) is 0 Å². The Balaban J connectivity index is 1.72. The van der Waals surface area contributed by atoms with Gasteiger partial charge in [-0.3, -0.25) is 4.79 Å². The fourth-order valence-corrected chi connectivity index (χ4v) is 2.65. The van der Waals surface area contributed by atoms with E-state index in [0.29, 0.717) is 5.56 Å². The molecule has 1 aromatic heterocycles. The number of morpholine rings is 1. The molecule has 1 aromatic carbocycles. The minimum Gasteiger partial charge on any atom is -0.475 e. The summed E-state index contributed by atoms with van der Waals surface area (Å²) in [5.41, 5.74) is -0.247. The molecule has 0 spiro atoms. The Morgan fingerprint density at radius 3 is 2.31 bits per heavy atom. The molecule has 1 fully saturated rings. The topological polar surface area (TPSA) is 80.0 Å². The molecule has 2 heterocycles. The van der Waals surface area contributed by atoms with Crippen LogP contribution in [0.1, 0.15) is 38.3 Å². The number of hydrogen-bond acceptors (Lipinski definition) is 4. The first kappa shape index (κ1) is 18.0. The van der Waals surface area contributed by atoms with Gasteiger partial charge in [-0.2, -0.15) is 13.2 Å². The van der Waals surface area contributed by atoms with Gasteiger partial charge in [0.15, 0.2) is 5.76 Å². The average Bonchev–Trinajstić information content (AvgIpc) is 3.11. The molecule has 138 valence electrons. The van der Waals surface area contributed by atoms with Gasteiger partial charge in [0.2, 0.25) is 5.76 Å². The number of hydrogen-bond donors (Lipinski definition) is 1. The molecule has 1 aliphatic heterocycles. The predicted octanol–water partition coefficient (Wildman–Crippen LogP) is 3.21. The quantitative estimate of drug-likeness (QED) is 0.899. The number of carboxylic acids is 1. The minimum atomic E-state index is -4.42.